The number of nitro benzene ring substituents is 1. The fourth-order valence-electron chi connectivity index (χ4n) is 6.29. The molecule has 8 nitrogen and oxygen atoms in total. The molecular weight excluding hydrogens is 456 g/mol. The Morgan fingerprint density at radius 2 is 1.58 bits per heavy atom. The second kappa shape index (κ2) is 9.02. The first kappa shape index (κ1) is 22.7. The topological polar surface area (TPSA) is 87.0 Å². The van der Waals surface area contributed by atoms with E-state index in [9.17, 15) is 19.7 Å². The van der Waals surface area contributed by atoms with Crippen LogP contribution in [-0.2, 0) is 9.59 Å². The number of carbonyl (C=O) groups excluding carboxylic acids is 2. The first-order valence-corrected chi connectivity index (χ1v) is 12.5. The zero-order valence-corrected chi connectivity index (χ0v) is 19.9. The van der Waals surface area contributed by atoms with Gasteiger partial charge >= 0.3 is 0 Å². The quantitative estimate of drug-likeness (QED) is 0.269. The normalized spacial score (nSPS) is 27.4. The standard InChI is InChI=1S/C28H28N4O4/c33-27-25-20-8-9-21(17-20)26(25)28(34)31(27)22-10-11-23(24(18-22)32(35)36)30-15-13-29(14-16-30)12-4-7-19-5-2-1-3-6-19/h1-11,18,20-21,25-26H,12-17H2/b7-4+/t20-,21-,25-,26-/m0/s1. The number of fused-ring (bicyclic) bond motifs is 5. The Morgan fingerprint density at radius 3 is 2.22 bits per heavy atom. The minimum absolute atomic E-state index is 0.0660. The molecule has 8 heteroatoms. The zero-order valence-electron chi connectivity index (χ0n) is 19.9. The highest BCUT2D eigenvalue weighted by atomic mass is 16.6. The second-order valence-electron chi connectivity index (χ2n) is 10.0. The van der Waals surface area contributed by atoms with Crippen molar-refractivity contribution in [2.45, 2.75) is 6.42 Å². The Hall–Kier alpha value is -3.78. The van der Waals surface area contributed by atoms with E-state index in [-0.39, 0.29) is 41.2 Å². The molecule has 0 unspecified atom stereocenters. The van der Waals surface area contributed by atoms with Crippen LogP contribution in [0.2, 0.25) is 0 Å². The average Bonchev–Trinajstić information content (AvgIpc) is 3.58. The van der Waals surface area contributed by atoms with Crippen molar-refractivity contribution >= 4 is 35.0 Å². The van der Waals surface area contributed by atoms with Crippen LogP contribution in [0.4, 0.5) is 17.1 Å². The van der Waals surface area contributed by atoms with Crippen molar-refractivity contribution in [1.82, 2.24) is 4.90 Å². The molecule has 2 aliphatic heterocycles. The van der Waals surface area contributed by atoms with E-state index in [2.05, 4.69) is 29.2 Å². The van der Waals surface area contributed by atoms with Crippen LogP contribution in [0.1, 0.15) is 12.0 Å². The van der Waals surface area contributed by atoms with Crippen LogP contribution < -0.4 is 9.80 Å². The molecule has 2 saturated heterocycles. The summed E-state index contributed by atoms with van der Waals surface area (Å²) in [5.41, 5.74) is 1.93. The van der Waals surface area contributed by atoms with Crippen molar-refractivity contribution in [3.8, 4) is 0 Å². The third-order valence-corrected chi connectivity index (χ3v) is 8.07. The molecule has 2 aromatic rings. The van der Waals surface area contributed by atoms with Gasteiger partial charge in [-0.3, -0.25) is 24.6 Å². The predicted octanol–water partition coefficient (Wildman–Crippen LogP) is 3.74. The summed E-state index contributed by atoms with van der Waals surface area (Å²) < 4.78 is 0. The molecular formula is C28H28N4O4. The molecule has 36 heavy (non-hydrogen) atoms. The van der Waals surface area contributed by atoms with Gasteiger partial charge in [0.15, 0.2) is 0 Å². The van der Waals surface area contributed by atoms with Gasteiger partial charge in [-0.15, -0.1) is 0 Å². The van der Waals surface area contributed by atoms with Gasteiger partial charge in [0.2, 0.25) is 11.8 Å². The van der Waals surface area contributed by atoms with Crippen LogP contribution in [0, 0.1) is 33.8 Å². The average molecular weight is 485 g/mol. The van der Waals surface area contributed by atoms with Crippen molar-refractivity contribution in [3.05, 3.63) is 82.4 Å². The Kier molecular flexibility index (Phi) is 5.68. The first-order valence-electron chi connectivity index (χ1n) is 12.5. The molecule has 2 amide bonds. The maximum atomic E-state index is 13.1. The Bertz CT molecular complexity index is 1240. The van der Waals surface area contributed by atoms with Gasteiger partial charge in [-0.1, -0.05) is 54.6 Å². The number of allylic oxidation sites excluding steroid dienone is 2. The predicted molar refractivity (Wildman–Crippen MR) is 137 cm³/mol. The number of benzene rings is 2. The Labute approximate surface area is 209 Å². The lowest BCUT2D eigenvalue weighted by atomic mass is 9.85. The summed E-state index contributed by atoms with van der Waals surface area (Å²) in [6, 6.07) is 14.9. The van der Waals surface area contributed by atoms with E-state index < -0.39 is 4.92 Å². The van der Waals surface area contributed by atoms with Crippen LogP contribution in [0.25, 0.3) is 6.08 Å². The number of hydrogen-bond acceptors (Lipinski definition) is 6. The molecule has 1 saturated carbocycles. The van der Waals surface area contributed by atoms with Gasteiger partial charge in [0.25, 0.3) is 5.69 Å². The van der Waals surface area contributed by atoms with Gasteiger partial charge in [-0.05, 0) is 36.0 Å². The fraction of sp³-hybridized carbons (Fsp3) is 0.357. The number of amides is 2. The summed E-state index contributed by atoms with van der Waals surface area (Å²) >= 11 is 0. The lowest BCUT2D eigenvalue weighted by Crippen LogP contribution is -2.46. The van der Waals surface area contributed by atoms with E-state index in [1.165, 1.54) is 11.0 Å². The van der Waals surface area contributed by atoms with Crippen molar-refractivity contribution in [3.63, 3.8) is 0 Å². The van der Waals surface area contributed by atoms with Crippen LogP contribution in [0.3, 0.4) is 0 Å². The zero-order chi connectivity index (χ0) is 24.8. The second-order valence-corrected chi connectivity index (χ2v) is 10.0. The van der Waals surface area contributed by atoms with E-state index in [1.807, 2.05) is 35.3 Å². The number of hydrogen-bond donors (Lipinski definition) is 0. The molecule has 2 aromatic carbocycles. The number of imide groups is 1. The van der Waals surface area contributed by atoms with E-state index in [0.29, 0.717) is 24.5 Å². The molecule has 4 atom stereocenters. The van der Waals surface area contributed by atoms with E-state index in [0.717, 1.165) is 31.6 Å². The van der Waals surface area contributed by atoms with Gasteiger partial charge in [0.05, 0.1) is 22.4 Å². The summed E-state index contributed by atoms with van der Waals surface area (Å²) in [5.74, 6) is -0.878. The number of nitro groups is 1. The van der Waals surface area contributed by atoms with Crippen LogP contribution in [0.15, 0.2) is 66.8 Å². The Morgan fingerprint density at radius 1 is 0.917 bits per heavy atom. The summed E-state index contributed by atoms with van der Waals surface area (Å²) in [7, 11) is 0. The molecule has 0 N–H and O–H groups in total. The third-order valence-electron chi connectivity index (χ3n) is 8.07. The van der Waals surface area contributed by atoms with Gasteiger partial charge < -0.3 is 4.90 Å². The maximum Gasteiger partial charge on any atom is 0.294 e. The monoisotopic (exact) mass is 484 g/mol. The third kappa shape index (κ3) is 3.82. The molecule has 2 bridgehead atoms. The molecule has 0 radical (unpaired) electrons. The highest BCUT2D eigenvalue weighted by Gasteiger charge is 2.59. The van der Waals surface area contributed by atoms with Gasteiger partial charge in [0, 0.05) is 38.8 Å². The van der Waals surface area contributed by atoms with Crippen LogP contribution in [0.5, 0.6) is 0 Å². The van der Waals surface area contributed by atoms with Gasteiger partial charge in [-0.2, -0.15) is 0 Å². The molecule has 2 aliphatic carbocycles. The van der Waals surface area contributed by atoms with Gasteiger partial charge in [-0.25, -0.2) is 4.90 Å². The molecule has 4 aliphatic rings. The highest BCUT2D eigenvalue weighted by Crippen LogP contribution is 2.53. The smallest absolute Gasteiger partial charge is 0.294 e. The van der Waals surface area contributed by atoms with E-state index in [1.54, 1.807) is 12.1 Å². The minimum Gasteiger partial charge on any atom is -0.363 e. The summed E-state index contributed by atoms with van der Waals surface area (Å²) in [6.07, 6.45) is 9.19. The number of nitrogens with zero attached hydrogens (tertiary/aromatic N) is 4. The largest absolute Gasteiger partial charge is 0.363 e. The van der Waals surface area contributed by atoms with Crippen molar-refractivity contribution in [2.24, 2.45) is 23.7 Å². The SMILES string of the molecule is O=C1[C@@H]2[C@@H](C(=O)N1c1ccc(N3CCN(C/C=C/c4ccccc4)CC3)c([N+](=O)[O-])c1)[C@H]1C=C[C@H]2C1. The molecule has 3 fully saturated rings. The number of anilines is 2. The van der Waals surface area contributed by atoms with E-state index in [4.69, 9.17) is 0 Å². The van der Waals surface area contributed by atoms with Crippen LogP contribution in [-0.4, -0.2) is 54.4 Å². The molecule has 0 spiro atoms. The van der Waals surface area contributed by atoms with Crippen molar-refractivity contribution in [2.75, 3.05) is 42.5 Å². The van der Waals surface area contributed by atoms with Crippen molar-refractivity contribution < 1.29 is 14.5 Å². The summed E-state index contributed by atoms with van der Waals surface area (Å²) in [6.45, 7) is 3.74. The number of piperazine rings is 1. The van der Waals surface area contributed by atoms with Crippen LogP contribution >= 0.6 is 0 Å². The lowest BCUT2D eigenvalue weighted by molar-refractivity contribution is -0.384. The van der Waals surface area contributed by atoms with Crippen molar-refractivity contribution in [1.29, 1.82) is 0 Å². The highest BCUT2D eigenvalue weighted by molar-refractivity contribution is 6.23. The summed E-state index contributed by atoms with van der Waals surface area (Å²) in [5, 5.41) is 12.0. The van der Waals surface area contributed by atoms with E-state index >= 15 is 0 Å². The summed E-state index contributed by atoms with van der Waals surface area (Å²) in [4.78, 5) is 43.4. The molecule has 2 heterocycles. The minimum atomic E-state index is -0.412. The number of carbonyl (C=O) groups is 2. The fourth-order valence-corrected chi connectivity index (χ4v) is 6.29. The molecule has 6 rings (SSSR count). The number of rotatable bonds is 6. The first-order chi connectivity index (χ1) is 17.5. The Balaban J connectivity index is 1.15. The lowest BCUT2D eigenvalue weighted by Gasteiger charge is -2.35. The molecule has 184 valence electrons. The maximum absolute atomic E-state index is 13.1. The molecule has 0 aromatic heterocycles. The van der Waals surface area contributed by atoms with Gasteiger partial charge in [0.1, 0.15) is 5.69 Å².